The zero-order valence-corrected chi connectivity index (χ0v) is 20.3. The molecule has 1 fully saturated rings. The van der Waals surface area contributed by atoms with Gasteiger partial charge in [0.25, 0.3) is 0 Å². The van der Waals surface area contributed by atoms with E-state index in [-0.39, 0.29) is 17.9 Å². The van der Waals surface area contributed by atoms with Crippen molar-refractivity contribution in [3.05, 3.63) is 88.3 Å². The van der Waals surface area contributed by atoms with E-state index < -0.39 is 5.92 Å². The van der Waals surface area contributed by atoms with Gasteiger partial charge in [-0.15, -0.1) is 0 Å². The topological polar surface area (TPSA) is 64.6 Å². The van der Waals surface area contributed by atoms with Crippen LogP contribution in [0.4, 0.5) is 0 Å². The maximum Gasteiger partial charge on any atom is 0.337 e. The van der Waals surface area contributed by atoms with Crippen LogP contribution in [0.15, 0.2) is 77.1 Å². The van der Waals surface area contributed by atoms with Gasteiger partial charge >= 0.3 is 5.97 Å². The lowest BCUT2D eigenvalue weighted by Gasteiger charge is -2.35. The Morgan fingerprint density at radius 3 is 2.49 bits per heavy atom. The Kier molecular flexibility index (Phi) is 7.03. The average Bonchev–Trinajstić information content (AvgIpc) is 2.88. The molecular weight excluding hydrogens is 438 g/mol. The van der Waals surface area contributed by atoms with E-state index in [1.54, 1.807) is 0 Å². The van der Waals surface area contributed by atoms with Gasteiger partial charge < -0.3 is 14.8 Å². The van der Waals surface area contributed by atoms with Crippen molar-refractivity contribution in [2.75, 3.05) is 0 Å². The number of nitrogens with one attached hydrogen (secondary N) is 1. The molecule has 0 bridgehead atoms. The number of ether oxygens (including phenoxy) is 2. The normalized spacial score (nSPS) is 20.8. The predicted molar refractivity (Wildman–Crippen MR) is 135 cm³/mol. The van der Waals surface area contributed by atoms with Gasteiger partial charge in [-0.05, 0) is 57.1 Å². The van der Waals surface area contributed by atoms with Gasteiger partial charge in [-0.25, -0.2) is 4.79 Å². The number of hydrogen-bond acceptors (Lipinski definition) is 5. The highest BCUT2D eigenvalue weighted by Crippen LogP contribution is 2.45. The van der Waals surface area contributed by atoms with Gasteiger partial charge in [0.15, 0.2) is 5.78 Å². The van der Waals surface area contributed by atoms with E-state index in [9.17, 15) is 9.59 Å². The van der Waals surface area contributed by atoms with Crippen molar-refractivity contribution < 1.29 is 19.1 Å². The molecule has 0 radical (unpaired) electrons. The average molecular weight is 472 g/mol. The first kappa shape index (κ1) is 23.4. The number of Topliss-reactive ketones (excluding diaryl/α,β-unsaturated/α-hetero) is 1. The van der Waals surface area contributed by atoms with Crippen molar-refractivity contribution in [3.63, 3.8) is 0 Å². The molecule has 3 aliphatic rings. The smallest absolute Gasteiger partial charge is 0.337 e. The van der Waals surface area contributed by atoms with Crippen molar-refractivity contribution in [2.24, 2.45) is 0 Å². The van der Waals surface area contributed by atoms with Gasteiger partial charge in [-0.3, -0.25) is 4.79 Å². The molecule has 5 heteroatoms. The molecule has 1 aliphatic heterocycles. The summed E-state index contributed by atoms with van der Waals surface area (Å²) in [5.41, 5.74) is 4.80. The van der Waals surface area contributed by atoms with Crippen molar-refractivity contribution in [1.82, 2.24) is 5.32 Å². The fourth-order valence-corrected chi connectivity index (χ4v) is 5.55. The van der Waals surface area contributed by atoms with Gasteiger partial charge in [0.05, 0.1) is 11.5 Å². The van der Waals surface area contributed by atoms with Crippen molar-refractivity contribution in [2.45, 2.75) is 76.9 Å². The third kappa shape index (κ3) is 5.04. The highest BCUT2D eigenvalue weighted by molar-refractivity contribution is 6.04. The van der Waals surface area contributed by atoms with Crippen molar-refractivity contribution in [1.29, 1.82) is 0 Å². The number of ketones is 1. The number of esters is 1. The van der Waals surface area contributed by atoms with Crippen LogP contribution in [0.2, 0.25) is 0 Å². The highest BCUT2D eigenvalue weighted by Gasteiger charge is 2.40. The Hall–Kier alpha value is -3.34. The van der Waals surface area contributed by atoms with Crippen LogP contribution >= 0.6 is 0 Å². The fourth-order valence-electron chi connectivity index (χ4n) is 5.55. The number of benzene rings is 2. The minimum absolute atomic E-state index is 0.0563. The first-order valence-corrected chi connectivity index (χ1v) is 12.8. The first-order chi connectivity index (χ1) is 17.1. The fraction of sp³-hybridized carbons (Fsp3) is 0.400. The number of carbonyl (C=O) groups is 2. The molecule has 1 saturated carbocycles. The summed E-state index contributed by atoms with van der Waals surface area (Å²) in [6.45, 7) is 2.33. The Morgan fingerprint density at radius 1 is 0.943 bits per heavy atom. The minimum atomic E-state index is -0.498. The lowest BCUT2D eigenvalue weighted by atomic mass is 9.75. The second-order valence-electron chi connectivity index (χ2n) is 9.74. The quantitative estimate of drug-likeness (QED) is 0.515. The molecule has 0 aromatic heterocycles. The van der Waals surface area contributed by atoms with Crippen LogP contribution < -0.4 is 10.1 Å². The monoisotopic (exact) mass is 471 g/mol. The lowest BCUT2D eigenvalue weighted by molar-refractivity contribution is -0.146. The molecular formula is C30H33NO4. The SMILES string of the molecule is CC1=C(C(=O)OC2CCCCC2)C(c2ccccc2OCc2ccccc2)C2=C(CCCC2=O)N1. The molecule has 2 aliphatic carbocycles. The van der Waals surface area contributed by atoms with E-state index in [0.717, 1.165) is 61.0 Å². The van der Waals surface area contributed by atoms with Crippen LogP contribution in [0, 0.1) is 0 Å². The summed E-state index contributed by atoms with van der Waals surface area (Å²) >= 11 is 0. The largest absolute Gasteiger partial charge is 0.489 e. The highest BCUT2D eigenvalue weighted by atomic mass is 16.5. The third-order valence-electron chi connectivity index (χ3n) is 7.29. The minimum Gasteiger partial charge on any atom is -0.489 e. The zero-order valence-electron chi connectivity index (χ0n) is 20.3. The number of allylic oxidation sites excluding steroid dienone is 3. The Balaban J connectivity index is 1.52. The van der Waals surface area contributed by atoms with Gasteiger partial charge in [-0.2, -0.15) is 0 Å². The van der Waals surface area contributed by atoms with Gasteiger partial charge in [0, 0.05) is 29.0 Å². The molecule has 5 rings (SSSR count). The summed E-state index contributed by atoms with van der Waals surface area (Å²) < 4.78 is 12.3. The number of dihydropyridines is 1. The van der Waals surface area contributed by atoms with Crippen LogP contribution in [0.1, 0.15) is 75.3 Å². The summed E-state index contributed by atoms with van der Waals surface area (Å²) in [4.78, 5) is 26.9. The van der Waals surface area contributed by atoms with E-state index >= 15 is 0 Å². The van der Waals surface area contributed by atoms with E-state index in [1.165, 1.54) is 6.42 Å². The predicted octanol–water partition coefficient (Wildman–Crippen LogP) is 6.11. The molecule has 0 saturated heterocycles. The van der Waals surface area contributed by atoms with E-state index in [1.807, 2.05) is 61.5 Å². The summed E-state index contributed by atoms with van der Waals surface area (Å²) in [5.74, 6) is -0.0434. The number of carbonyl (C=O) groups excluding carboxylic acids is 2. The molecule has 1 N–H and O–H groups in total. The second-order valence-corrected chi connectivity index (χ2v) is 9.74. The molecule has 2 aromatic rings. The summed E-state index contributed by atoms with van der Waals surface area (Å²) in [6, 6.07) is 17.8. The Labute approximate surface area is 207 Å². The summed E-state index contributed by atoms with van der Waals surface area (Å²) in [6.07, 6.45) is 7.22. The Bertz CT molecular complexity index is 1160. The molecule has 5 nitrogen and oxygen atoms in total. The Morgan fingerprint density at radius 2 is 1.69 bits per heavy atom. The standard InChI is InChI=1S/C30H33NO4/c1-20-27(30(33)35-22-13-6-3-7-14-22)28(29-24(31-20)16-10-17-25(29)32)23-15-8-9-18-26(23)34-19-21-11-4-2-5-12-21/h2,4-5,8-9,11-12,15,18,22,28,31H,3,6-7,10,13-14,16-17,19H2,1H3. The summed E-state index contributed by atoms with van der Waals surface area (Å²) in [5, 5.41) is 3.39. The van der Waals surface area contributed by atoms with Gasteiger partial charge in [0.2, 0.25) is 0 Å². The molecule has 1 atom stereocenters. The maximum absolute atomic E-state index is 13.6. The zero-order chi connectivity index (χ0) is 24.2. The molecule has 0 spiro atoms. The molecule has 1 unspecified atom stereocenters. The van der Waals surface area contributed by atoms with E-state index in [4.69, 9.17) is 9.47 Å². The lowest BCUT2D eigenvalue weighted by Crippen LogP contribution is -2.35. The van der Waals surface area contributed by atoms with E-state index in [0.29, 0.717) is 29.9 Å². The van der Waals surface area contributed by atoms with Crippen LogP contribution in [-0.2, 0) is 20.9 Å². The third-order valence-corrected chi connectivity index (χ3v) is 7.29. The van der Waals surface area contributed by atoms with Crippen LogP contribution in [0.3, 0.4) is 0 Å². The molecule has 182 valence electrons. The summed E-state index contributed by atoms with van der Waals surface area (Å²) in [7, 11) is 0. The van der Waals surface area contributed by atoms with Gasteiger partial charge in [0.1, 0.15) is 18.5 Å². The molecule has 2 aromatic carbocycles. The maximum atomic E-state index is 13.6. The van der Waals surface area contributed by atoms with Gasteiger partial charge in [-0.1, -0.05) is 55.0 Å². The number of para-hydroxylation sites is 1. The van der Waals surface area contributed by atoms with Crippen LogP contribution in [-0.4, -0.2) is 17.9 Å². The number of hydrogen-bond donors (Lipinski definition) is 1. The second kappa shape index (κ2) is 10.5. The first-order valence-electron chi connectivity index (χ1n) is 12.8. The number of rotatable bonds is 6. The molecule has 1 heterocycles. The van der Waals surface area contributed by atoms with Crippen molar-refractivity contribution in [3.8, 4) is 5.75 Å². The van der Waals surface area contributed by atoms with Crippen LogP contribution in [0.5, 0.6) is 5.75 Å². The molecule has 0 amide bonds. The van der Waals surface area contributed by atoms with E-state index in [2.05, 4.69) is 5.32 Å². The van der Waals surface area contributed by atoms with Crippen molar-refractivity contribution >= 4 is 11.8 Å². The molecule has 35 heavy (non-hydrogen) atoms. The van der Waals surface area contributed by atoms with Crippen LogP contribution in [0.25, 0.3) is 0 Å².